The molecule has 3 aromatic rings. The summed E-state index contributed by atoms with van der Waals surface area (Å²) in [6, 6.07) is 17.0. The molecule has 0 amide bonds. The quantitative estimate of drug-likeness (QED) is 0.579. The Hall–Kier alpha value is -3.52. The van der Waals surface area contributed by atoms with E-state index in [0.29, 0.717) is 5.56 Å². The summed E-state index contributed by atoms with van der Waals surface area (Å²) >= 11 is 0. The van der Waals surface area contributed by atoms with Gasteiger partial charge in [-0.1, -0.05) is 12.1 Å². The highest BCUT2D eigenvalue weighted by atomic mass is 15.4. The van der Waals surface area contributed by atoms with Gasteiger partial charge in [-0.3, -0.25) is 0 Å². The van der Waals surface area contributed by atoms with Crippen LogP contribution in [0, 0.1) is 11.3 Å². The molecule has 3 heterocycles. The molecule has 5 rings (SSSR count). The minimum absolute atomic E-state index is 0.706. The minimum Gasteiger partial charge on any atom is -0.326 e. The molecule has 0 saturated heterocycles. The molecule has 0 saturated carbocycles. The van der Waals surface area contributed by atoms with Crippen LogP contribution in [0.1, 0.15) is 38.6 Å². The van der Waals surface area contributed by atoms with Gasteiger partial charge in [0, 0.05) is 25.1 Å². The molecule has 0 bridgehead atoms. The van der Waals surface area contributed by atoms with E-state index in [4.69, 9.17) is 0 Å². The second kappa shape index (κ2) is 7.63. The summed E-state index contributed by atoms with van der Waals surface area (Å²) in [6.07, 6.45) is 5.62. The number of allylic oxidation sites excluding steroid dienone is 3. The molecule has 0 radical (unpaired) electrons. The summed E-state index contributed by atoms with van der Waals surface area (Å²) in [5.41, 5.74) is 7.01. The first-order chi connectivity index (χ1) is 15.2. The predicted octanol–water partition coefficient (Wildman–Crippen LogP) is 4.82. The molecule has 2 aromatic carbocycles. The average molecular weight is 411 g/mol. The first kappa shape index (κ1) is 19.4. The molecule has 2 aliphatic rings. The Labute approximate surface area is 183 Å². The lowest BCUT2D eigenvalue weighted by molar-refractivity contribution is -0.664. The van der Waals surface area contributed by atoms with E-state index in [2.05, 4.69) is 88.3 Å². The second-order valence-corrected chi connectivity index (χ2v) is 7.98. The second-order valence-electron chi connectivity index (χ2n) is 7.98. The summed E-state index contributed by atoms with van der Waals surface area (Å²) in [6.45, 7) is 10.3. The van der Waals surface area contributed by atoms with E-state index < -0.39 is 0 Å². The van der Waals surface area contributed by atoms with Crippen molar-refractivity contribution in [1.29, 1.82) is 5.26 Å². The Kier molecular flexibility index (Phi) is 4.78. The highest BCUT2D eigenvalue weighted by Gasteiger charge is 2.33. The Morgan fingerprint density at radius 3 is 2.48 bits per heavy atom. The van der Waals surface area contributed by atoms with Gasteiger partial charge in [-0.25, -0.2) is 9.13 Å². The highest BCUT2D eigenvalue weighted by molar-refractivity contribution is 5.84. The lowest BCUT2D eigenvalue weighted by Crippen LogP contribution is -2.31. The summed E-state index contributed by atoms with van der Waals surface area (Å²) in [4.78, 5) is 4.66. The van der Waals surface area contributed by atoms with E-state index in [-0.39, 0.29) is 0 Å². The Morgan fingerprint density at radius 2 is 1.74 bits per heavy atom. The van der Waals surface area contributed by atoms with E-state index >= 15 is 0 Å². The smallest absolute Gasteiger partial charge is 0.285 e. The maximum Gasteiger partial charge on any atom is 0.285 e. The molecule has 0 unspecified atom stereocenters. The lowest BCUT2D eigenvalue weighted by atomic mass is 10.2. The van der Waals surface area contributed by atoms with Gasteiger partial charge in [-0.15, -0.1) is 0 Å². The third-order valence-electron chi connectivity index (χ3n) is 6.49. The number of aromatic nitrogens is 2. The van der Waals surface area contributed by atoms with Crippen molar-refractivity contribution in [2.24, 2.45) is 0 Å². The van der Waals surface area contributed by atoms with Gasteiger partial charge in [-0.2, -0.15) is 5.26 Å². The van der Waals surface area contributed by atoms with Crippen LogP contribution in [0.5, 0.6) is 0 Å². The molecule has 2 aliphatic heterocycles. The van der Waals surface area contributed by atoms with Crippen molar-refractivity contribution >= 4 is 28.0 Å². The molecule has 0 fully saturated rings. The predicted molar refractivity (Wildman–Crippen MR) is 126 cm³/mol. The van der Waals surface area contributed by atoms with Crippen LogP contribution in [0.2, 0.25) is 0 Å². The molecular formula is C26H28N5+. The van der Waals surface area contributed by atoms with Crippen LogP contribution in [-0.4, -0.2) is 17.7 Å². The summed E-state index contributed by atoms with van der Waals surface area (Å²) in [7, 11) is 0. The zero-order valence-electron chi connectivity index (χ0n) is 18.5. The van der Waals surface area contributed by atoms with Gasteiger partial charge in [0.1, 0.15) is 5.82 Å². The number of anilines is 2. The van der Waals surface area contributed by atoms with Gasteiger partial charge in [0.15, 0.2) is 11.0 Å². The van der Waals surface area contributed by atoms with Crippen LogP contribution in [0.4, 0.5) is 11.4 Å². The number of nitriles is 1. The summed E-state index contributed by atoms with van der Waals surface area (Å²) in [5, 5.41) is 9.36. The van der Waals surface area contributed by atoms with Crippen LogP contribution >= 0.6 is 0 Å². The molecule has 0 aliphatic carbocycles. The number of nitrogens with zero attached hydrogens (tertiary/aromatic N) is 5. The number of hydrogen-bond donors (Lipinski definition) is 0. The van der Waals surface area contributed by atoms with E-state index in [0.717, 1.165) is 38.3 Å². The van der Waals surface area contributed by atoms with Crippen LogP contribution in [-0.2, 0) is 13.1 Å². The third kappa shape index (κ3) is 2.86. The van der Waals surface area contributed by atoms with Crippen molar-refractivity contribution in [2.75, 3.05) is 22.9 Å². The van der Waals surface area contributed by atoms with Gasteiger partial charge < -0.3 is 9.80 Å². The summed E-state index contributed by atoms with van der Waals surface area (Å²) in [5.74, 6) is 2.51. The number of aryl methyl sites for hydroxylation is 2. The monoisotopic (exact) mass is 410 g/mol. The fourth-order valence-corrected chi connectivity index (χ4v) is 5.14. The molecule has 31 heavy (non-hydrogen) atoms. The first-order valence-electron chi connectivity index (χ1n) is 11.2. The fourth-order valence-electron chi connectivity index (χ4n) is 5.14. The number of fused-ring (bicyclic) bond motifs is 4. The first-order valence-corrected chi connectivity index (χ1v) is 11.2. The maximum atomic E-state index is 9.36. The number of rotatable bonds is 4. The molecule has 0 atom stereocenters. The zero-order valence-corrected chi connectivity index (χ0v) is 18.5. The van der Waals surface area contributed by atoms with Crippen LogP contribution in [0.25, 0.3) is 16.6 Å². The number of para-hydroxylation sites is 2. The largest absolute Gasteiger partial charge is 0.326 e. The van der Waals surface area contributed by atoms with E-state index in [1.54, 1.807) is 0 Å². The standard InChI is InChI=1S/C26H28N5/c1-4-28-23-13-11-19(18-27)17-24(23)29(5-2)25(28)14-12-20-15-16-31-22-10-8-7-9-21(22)30(6-3)26(20)31/h7-14,17H,4-6,15-16H2,1-3H3/q+1. The normalized spacial score (nSPS) is 17.6. The molecule has 156 valence electrons. The van der Waals surface area contributed by atoms with Gasteiger partial charge >= 0.3 is 0 Å². The molecular weight excluding hydrogens is 382 g/mol. The van der Waals surface area contributed by atoms with Crippen molar-refractivity contribution in [2.45, 2.75) is 40.3 Å². The summed E-state index contributed by atoms with van der Waals surface area (Å²) < 4.78 is 4.89. The molecule has 0 spiro atoms. The van der Waals surface area contributed by atoms with E-state index in [1.165, 1.54) is 33.9 Å². The Bertz CT molecular complexity index is 1260. The molecule has 5 nitrogen and oxygen atoms in total. The van der Waals surface area contributed by atoms with Crippen molar-refractivity contribution in [1.82, 2.24) is 4.57 Å². The van der Waals surface area contributed by atoms with Gasteiger partial charge in [0.25, 0.3) is 5.82 Å². The van der Waals surface area contributed by atoms with Gasteiger partial charge in [-0.05, 0) is 63.3 Å². The van der Waals surface area contributed by atoms with E-state index in [9.17, 15) is 5.26 Å². The van der Waals surface area contributed by atoms with Crippen molar-refractivity contribution in [3.8, 4) is 6.07 Å². The van der Waals surface area contributed by atoms with Crippen molar-refractivity contribution in [3.05, 3.63) is 71.8 Å². The molecule has 5 heteroatoms. The Balaban J connectivity index is 1.61. The van der Waals surface area contributed by atoms with E-state index in [1.807, 2.05) is 12.1 Å². The van der Waals surface area contributed by atoms with Crippen LogP contribution in [0.15, 0.2) is 60.4 Å². The number of imidazole rings is 1. The van der Waals surface area contributed by atoms with Crippen LogP contribution in [0.3, 0.4) is 0 Å². The number of hydrogen-bond acceptors (Lipinski definition) is 3. The lowest BCUT2D eigenvalue weighted by Gasteiger charge is -2.23. The topological polar surface area (TPSA) is 39.1 Å². The molecule has 0 N–H and O–H groups in total. The number of benzene rings is 2. The average Bonchev–Trinajstić information content (AvgIpc) is 3.45. The van der Waals surface area contributed by atoms with Crippen LogP contribution < -0.4 is 14.4 Å². The van der Waals surface area contributed by atoms with Crippen molar-refractivity contribution < 1.29 is 4.57 Å². The third-order valence-corrected chi connectivity index (χ3v) is 6.49. The molecule has 1 aromatic heterocycles. The highest BCUT2D eigenvalue weighted by Crippen LogP contribution is 2.42. The van der Waals surface area contributed by atoms with Gasteiger partial charge in [0.2, 0.25) is 0 Å². The Morgan fingerprint density at radius 1 is 0.968 bits per heavy atom. The fraction of sp³-hybridized carbons (Fsp3) is 0.308. The maximum absolute atomic E-state index is 9.36. The van der Waals surface area contributed by atoms with Crippen molar-refractivity contribution in [3.63, 3.8) is 0 Å². The zero-order chi connectivity index (χ0) is 21.5. The van der Waals surface area contributed by atoms with Gasteiger partial charge in [0.05, 0.1) is 36.1 Å². The SMILES string of the molecule is CCN1C(=CC=C2CC[n+]3c2n(CC)c2ccccc23)N(CC)c2cc(C#N)ccc21. The minimum atomic E-state index is 0.706.